The van der Waals surface area contributed by atoms with Gasteiger partial charge in [0.25, 0.3) is 10.0 Å². The third-order valence-corrected chi connectivity index (χ3v) is 8.06. The van der Waals surface area contributed by atoms with E-state index in [1.54, 1.807) is 32.4 Å². The number of methoxy groups -OCH3 is 2. The molecule has 6 nitrogen and oxygen atoms in total. The minimum Gasteiger partial charge on any atom is -0.493 e. The molecule has 34 heavy (non-hydrogen) atoms. The van der Waals surface area contributed by atoms with Crippen LogP contribution in [0, 0.1) is 12.8 Å². The molecule has 2 aliphatic rings. The molecule has 3 aromatic rings. The SMILES string of the molecule is COc1cccc([C@@H]2Nc3ccc(S(=O)(=O)Nc4cccc(C)c4)cc3[C@@H]3C=CC[C@@H]32)c1OC. The first kappa shape index (κ1) is 22.3. The highest BCUT2D eigenvalue weighted by molar-refractivity contribution is 7.92. The molecule has 1 aliphatic heterocycles. The summed E-state index contributed by atoms with van der Waals surface area (Å²) in [4.78, 5) is 0.256. The van der Waals surface area contributed by atoms with Gasteiger partial charge in [0.1, 0.15) is 0 Å². The van der Waals surface area contributed by atoms with E-state index < -0.39 is 10.0 Å². The molecule has 1 heterocycles. The predicted molar refractivity (Wildman–Crippen MR) is 134 cm³/mol. The standard InChI is InChI=1S/C27H28N2O4S/c1-17-7-4-8-18(15-17)29-34(30,31)19-13-14-24-23(16-19)20-9-5-10-21(20)26(28-24)22-11-6-12-25(32-2)27(22)33-3/h4-9,11-16,20-21,26,28-29H,10H2,1-3H3/t20-,21+,26-/m1/s1. The second kappa shape index (κ2) is 8.72. The summed E-state index contributed by atoms with van der Waals surface area (Å²) in [6, 6.07) is 18.6. The lowest BCUT2D eigenvalue weighted by atomic mass is 9.77. The monoisotopic (exact) mass is 476 g/mol. The first-order chi connectivity index (χ1) is 16.4. The zero-order chi connectivity index (χ0) is 23.9. The Hall–Kier alpha value is -3.45. The average Bonchev–Trinajstić information content (AvgIpc) is 3.33. The molecular weight excluding hydrogens is 448 g/mol. The number of anilines is 2. The third-order valence-electron chi connectivity index (χ3n) is 6.68. The molecular formula is C27H28N2O4S. The van der Waals surface area contributed by atoms with Crippen molar-refractivity contribution in [2.24, 2.45) is 5.92 Å². The van der Waals surface area contributed by atoms with Crippen LogP contribution >= 0.6 is 0 Å². The van der Waals surface area contributed by atoms with E-state index in [4.69, 9.17) is 9.47 Å². The van der Waals surface area contributed by atoms with Crippen LogP contribution in [-0.4, -0.2) is 22.6 Å². The van der Waals surface area contributed by atoms with Gasteiger partial charge in [-0.1, -0.05) is 36.4 Å². The van der Waals surface area contributed by atoms with Crippen LogP contribution in [0.15, 0.2) is 77.7 Å². The molecule has 0 radical (unpaired) electrons. The number of ether oxygens (including phenoxy) is 2. The predicted octanol–water partition coefficient (Wildman–Crippen LogP) is 5.64. The first-order valence-electron chi connectivity index (χ1n) is 11.3. The molecule has 3 atom stereocenters. The Labute approximate surface area is 200 Å². The molecule has 1 aliphatic carbocycles. The maximum absolute atomic E-state index is 13.2. The summed E-state index contributed by atoms with van der Waals surface area (Å²) in [5, 5.41) is 3.66. The molecule has 3 aromatic carbocycles. The number of aryl methyl sites for hydroxylation is 1. The minimum atomic E-state index is -3.72. The molecule has 0 fully saturated rings. The molecule has 0 saturated carbocycles. The number of nitrogens with one attached hydrogen (secondary N) is 2. The van der Waals surface area contributed by atoms with Crippen molar-refractivity contribution in [3.8, 4) is 11.5 Å². The first-order valence-corrected chi connectivity index (χ1v) is 12.8. The Morgan fingerprint density at radius 3 is 2.56 bits per heavy atom. The topological polar surface area (TPSA) is 76.7 Å². The van der Waals surface area contributed by atoms with E-state index in [2.05, 4.69) is 28.3 Å². The van der Waals surface area contributed by atoms with Crippen molar-refractivity contribution in [2.75, 3.05) is 24.3 Å². The molecule has 0 spiro atoms. The van der Waals surface area contributed by atoms with Gasteiger partial charge in [-0.3, -0.25) is 4.72 Å². The van der Waals surface area contributed by atoms with Crippen LogP contribution in [0.1, 0.15) is 35.1 Å². The summed E-state index contributed by atoms with van der Waals surface area (Å²) in [7, 11) is -0.426. The minimum absolute atomic E-state index is 0.00502. The zero-order valence-electron chi connectivity index (χ0n) is 19.4. The van der Waals surface area contributed by atoms with Crippen molar-refractivity contribution >= 4 is 21.4 Å². The Kier molecular flexibility index (Phi) is 5.73. The van der Waals surface area contributed by atoms with Crippen molar-refractivity contribution < 1.29 is 17.9 Å². The van der Waals surface area contributed by atoms with Gasteiger partial charge in [-0.2, -0.15) is 0 Å². The third kappa shape index (κ3) is 3.90. The molecule has 2 N–H and O–H groups in total. The van der Waals surface area contributed by atoms with E-state index in [0.717, 1.165) is 34.5 Å². The van der Waals surface area contributed by atoms with Crippen LogP contribution < -0.4 is 19.5 Å². The molecule has 7 heteroatoms. The summed E-state index contributed by atoms with van der Waals surface area (Å²) >= 11 is 0. The van der Waals surface area contributed by atoms with Crippen molar-refractivity contribution in [2.45, 2.75) is 30.2 Å². The van der Waals surface area contributed by atoms with Gasteiger partial charge in [0.05, 0.1) is 25.2 Å². The molecule has 0 bridgehead atoms. The van der Waals surface area contributed by atoms with Crippen molar-refractivity contribution in [1.29, 1.82) is 0 Å². The smallest absolute Gasteiger partial charge is 0.261 e. The normalized spacial score (nSPS) is 20.7. The maximum atomic E-state index is 13.2. The van der Waals surface area contributed by atoms with Gasteiger partial charge in [-0.05, 0) is 66.8 Å². The highest BCUT2D eigenvalue weighted by atomic mass is 32.2. The van der Waals surface area contributed by atoms with Crippen LogP contribution in [0.25, 0.3) is 0 Å². The summed E-state index contributed by atoms with van der Waals surface area (Å²) in [5.41, 5.74) is 4.50. The lowest BCUT2D eigenvalue weighted by Crippen LogP contribution is -2.29. The second-order valence-electron chi connectivity index (χ2n) is 8.78. The van der Waals surface area contributed by atoms with Gasteiger partial charge in [0.15, 0.2) is 11.5 Å². The summed E-state index contributed by atoms with van der Waals surface area (Å²) in [5.74, 6) is 1.75. The fourth-order valence-corrected chi connectivity index (χ4v) is 6.21. The molecule has 176 valence electrons. The van der Waals surface area contributed by atoms with Gasteiger partial charge in [-0.25, -0.2) is 8.42 Å². The van der Waals surface area contributed by atoms with Crippen LogP contribution in [-0.2, 0) is 10.0 Å². The zero-order valence-corrected chi connectivity index (χ0v) is 20.2. The lowest BCUT2D eigenvalue weighted by molar-refractivity contribution is 0.341. The molecule has 0 saturated heterocycles. The lowest BCUT2D eigenvalue weighted by Gasteiger charge is -2.38. The Morgan fingerprint density at radius 2 is 1.79 bits per heavy atom. The van der Waals surface area contributed by atoms with Crippen LogP contribution in [0.4, 0.5) is 11.4 Å². The Balaban J connectivity index is 1.51. The number of sulfonamides is 1. The molecule has 0 amide bonds. The Morgan fingerprint density at radius 1 is 0.971 bits per heavy atom. The summed E-state index contributed by atoms with van der Waals surface area (Å²) in [6.45, 7) is 1.93. The number of hydrogen-bond donors (Lipinski definition) is 2. The number of fused-ring (bicyclic) bond motifs is 3. The van der Waals surface area contributed by atoms with Gasteiger partial charge >= 0.3 is 0 Å². The van der Waals surface area contributed by atoms with Gasteiger partial charge in [0.2, 0.25) is 0 Å². The number of hydrogen-bond acceptors (Lipinski definition) is 5. The largest absolute Gasteiger partial charge is 0.493 e. The highest BCUT2D eigenvalue weighted by Gasteiger charge is 2.40. The van der Waals surface area contributed by atoms with E-state index in [0.29, 0.717) is 11.4 Å². The number of rotatable bonds is 6. The maximum Gasteiger partial charge on any atom is 0.261 e. The van der Waals surface area contributed by atoms with Crippen LogP contribution in [0.3, 0.4) is 0 Å². The van der Waals surface area contributed by atoms with E-state index in [9.17, 15) is 8.42 Å². The van der Waals surface area contributed by atoms with Crippen molar-refractivity contribution in [3.63, 3.8) is 0 Å². The quantitative estimate of drug-likeness (QED) is 0.450. The fourth-order valence-electron chi connectivity index (χ4n) is 5.13. The summed E-state index contributed by atoms with van der Waals surface area (Å²) in [6.07, 6.45) is 5.26. The van der Waals surface area contributed by atoms with Crippen LogP contribution in [0.5, 0.6) is 11.5 Å². The van der Waals surface area contributed by atoms with Crippen molar-refractivity contribution in [3.05, 3.63) is 89.5 Å². The molecule has 0 unspecified atom stereocenters. The average molecular weight is 477 g/mol. The number of benzene rings is 3. The summed E-state index contributed by atoms with van der Waals surface area (Å²) < 4.78 is 40.2. The van der Waals surface area contributed by atoms with Gasteiger partial charge < -0.3 is 14.8 Å². The molecule has 0 aromatic heterocycles. The molecule has 5 rings (SSSR count). The van der Waals surface area contributed by atoms with E-state index in [-0.39, 0.29) is 22.8 Å². The van der Waals surface area contributed by atoms with Gasteiger partial charge in [-0.15, -0.1) is 0 Å². The van der Waals surface area contributed by atoms with Gasteiger partial charge in [0, 0.05) is 22.9 Å². The number of allylic oxidation sites excluding steroid dienone is 2. The fraction of sp³-hybridized carbons (Fsp3) is 0.259. The van der Waals surface area contributed by atoms with E-state index in [1.165, 1.54) is 0 Å². The highest BCUT2D eigenvalue weighted by Crippen LogP contribution is 2.52. The van der Waals surface area contributed by atoms with E-state index in [1.807, 2.05) is 43.3 Å². The van der Waals surface area contributed by atoms with Crippen LogP contribution in [0.2, 0.25) is 0 Å². The Bertz CT molecular complexity index is 1370. The number of para-hydroxylation sites is 1. The van der Waals surface area contributed by atoms with Crippen molar-refractivity contribution in [1.82, 2.24) is 0 Å². The second-order valence-corrected chi connectivity index (χ2v) is 10.5. The van der Waals surface area contributed by atoms with E-state index >= 15 is 0 Å².